The van der Waals surface area contributed by atoms with Crippen LogP contribution in [-0.2, 0) is 0 Å². The van der Waals surface area contributed by atoms with Crippen molar-refractivity contribution in [2.45, 2.75) is 64.2 Å². The van der Waals surface area contributed by atoms with Gasteiger partial charge in [0.2, 0.25) is 0 Å². The third-order valence-electron chi connectivity index (χ3n) is 6.34. The molecule has 2 aliphatic rings. The first-order chi connectivity index (χ1) is 14.2. The number of nitrogen functional groups attached to an aromatic ring is 1. The van der Waals surface area contributed by atoms with Crippen molar-refractivity contribution in [2.24, 2.45) is 0 Å². The molecule has 0 aromatic carbocycles. The van der Waals surface area contributed by atoms with Crippen LogP contribution >= 0.6 is 0 Å². The van der Waals surface area contributed by atoms with Crippen LogP contribution in [0.2, 0.25) is 0 Å². The Balaban J connectivity index is 1.45. The van der Waals surface area contributed by atoms with Gasteiger partial charge in [-0.05, 0) is 90.6 Å². The Kier molecular flexibility index (Phi) is 9.28. The molecular formula is C22H40N6O. The van der Waals surface area contributed by atoms with Gasteiger partial charge in [-0.1, -0.05) is 12.8 Å². The summed E-state index contributed by atoms with van der Waals surface area (Å²) in [6.07, 6.45) is 14.4. The quantitative estimate of drug-likeness (QED) is 0.552. The molecule has 0 amide bonds. The number of aromatic amines is 1. The number of unbranched alkanes of at least 4 members (excludes halogenated alkanes) is 2. The van der Waals surface area contributed by atoms with Gasteiger partial charge >= 0.3 is 0 Å². The molecule has 7 nitrogen and oxygen atoms in total. The van der Waals surface area contributed by atoms with Crippen LogP contribution in [0, 0.1) is 0 Å². The van der Waals surface area contributed by atoms with Crippen LogP contribution in [0.4, 0.5) is 11.6 Å². The molecule has 0 saturated carbocycles. The van der Waals surface area contributed by atoms with E-state index >= 15 is 0 Å². The molecule has 29 heavy (non-hydrogen) atoms. The topological polar surface area (TPSA) is 81.5 Å². The van der Waals surface area contributed by atoms with Gasteiger partial charge in [-0.3, -0.25) is 9.78 Å². The van der Waals surface area contributed by atoms with Crippen molar-refractivity contribution in [2.75, 3.05) is 63.0 Å². The van der Waals surface area contributed by atoms with E-state index in [-0.39, 0.29) is 11.5 Å². The second-order valence-corrected chi connectivity index (χ2v) is 8.69. The van der Waals surface area contributed by atoms with Gasteiger partial charge in [-0.15, -0.1) is 0 Å². The molecule has 0 spiro atoms. The van der Waals surface area contributed by atoms with Crippen LogP contribution in [0.25, 0.3) is 0 Å². The van der Waals surface area contributed by atoms with Crippen LogP contribution in [-0.4, -0.2) is 72.1 Å². The molecule has 0 unspecified atom stereocenters. The van der Waals surface area contributed by atoms with Gasteiger partial charge in [-0.25, -0.2) is 4.98 Å². The van der Waals surface area contributed by atoms with Gasteiger partial charge in [0.1, 0.15) is 5.69 Å². The number of likely N-dealkylation sites (tertiary alicyclic amines) is 2. The molecule has 3 rings (SSSR count). The van der Waals surface area contributed by atoms with Gasteiger partial charge in [0.15, 0.2) is 5.95 Å². The fourth-order valence-corrected chi connectivity index (χ4v) is 4.62. The standard InChI is InChI=1S/C22H40N6O/c23-22-24-19-20(21(29)25-22)28(17-9-7-15-26-11-3-1-4-12-26)18-10-8-16-27-13-5-2-6-14-27/h19H,1-18H2,(H3,23,24,25,29). The monoisotopic (exact) mass is 404 g/mol. The molecular weight excluding hydrogens is 364 g/mol. The maximum absolute atomic E-state index is 12.4. The van der Waals surface area contributed by atoms with Crippen LogP contribution in [0.5, 0.6) is 0 Å². The van der Waals surface area contributed by atoms with Gasteiger partial charge < -0.3 is 20.4 Å². The Bertz CT molecular complexity index is 610. The number of nitrogens with one attached hydrogen (secondary N) is 1. The maximum atomic E-state index is 12.4. The first-order valence-electron chi connectivity index (χ1n) is 11.8. The second kappa shape index (κ2) is 12.2. The fourth-order valence-electron chi connectivity index (χ4n) is 4.62. The number of H-pyrrole nitrogens is 1. The Hall–Kier alpha value is -1.60. The van der Waals surface area contributed by atoms with Crippen LogP contribution in [0.15, 0.2) is 11.0 Å². The molecule has 0 bridgehead atoms. The normalized spacial score (nSPS) is 18.8. The molecule has 3 N–H and O–H groups in total. The molecule has 1 aromatic rings. The van der Waals surface area contributed by atoms with Gasteiger partial charge in [0.25, 0.3) is 5.56 Å². The molecule has 3 heterocycles. The summed E-state index contributed by atoms with van der Waals surface area (Å²) in [4.78, 5) is 26.6. The van der Waals surface area contributed by atoms with E-state index in [0.717, 1.165) is 25.9 Å². The highest BCUT2D eigenvalue weighted by molar-refractivity contribution is 5.43. The van der Waals surface area contributed by atoms with Crippen LogP contribution in [0.3, 0.4) is 0 Å². The van der Waals surface area contributed by atoms with Crippen molar-refractivity contribution >= 4 is 11.6 Å². The molecule has 164 valence electrons. The summed E-state index contributed by atoms with van der Waals surface area (Å²) in [6, 6.07) is 0. The summed E-state index contributed by atoms with van der Waals surface area (Å²) in [6.45, 7) is 9.18. The lowest BCUT2D eigenvalue weighted by molar-refractivity contribution is 0.224. The zero-order valence-corrected chi connectivity index (χ0v) is 18.1. The number of nitrogens with two attached hydrogens (primary N) is 1. The Labute approximate surface area is 175 Å². The van der Waals surface area contributed by atoms with Crippen molar-refractivity contribution in [3.05, 3.63) is 16.6 Å². The van der Waals surface area contributed by atoms with E-state index in [2.05, 4.69) is 24.7 Å². The van der Waals surface area contributed by atoms with Crippen LogP contribution in [0.1, 0.15) is 64.2 Å². The highest BCUT2D eigenvalue weighted by Crippen LogP contribution is 2.14. The average Bonchev–Trinajstić information content (AvgIpc) is 2.74. The minimum absolute atomic E-state index is 0.121. The first kappa shape index (κ1) is 22.1. The van der Waals surface area contributed by atoms with Gasteiger partial charge in [0.05, 0.1) is 6.20 Å². The number of piperidine rings is 2. The highest BCUT2D eigenvalue weighted by Gasteiger charge is 2.14. The van der Waals surface area contributed by atoms with Crippen molar-refractivity contribution in [3.63, 3.8) is 0 Å². The van der Waals surface area contributed by atoms with E-state index in [0.29, 0.717) is 5.69 Å². The maximum Gasteiger partial charge on any atom is 0.275 e. The lowest BCUT2D eigenvalue weighted by atomic mass is 10.1. The first-order valence-corrected chi connectivity index (χ1v) is 11.8. The minimum atomic E-state index is -0.121. The van der Waals surface area contributed by atoms with Crippen molar-refractivity contribution in [3.8, 4) is 0 Å². The third kappa shape index (κ3) is 7.63. The molecule has 1 aromatic heterocycles. The van der Waals surface area contributed by atoms with Gasteiger partial charge in [0, 0.05) is 13.1 Å². The summed E-state index contributed by atoms with van der Waals surface area (Å²) in [5.41, 5.74) is 6.18. The van der Waals surface area contributed by atoms with E-state index in [4.69, 9.17) is 5.73 Å². The molecule has 2 saturated heterocycles. The van der Waals surface area contributed by atoms with Gasteiger partial charge in [-0.2, -0.15) is 0 Å². The lowest BCUT2D eigenvalue weighted by Crippen LogP contribution is -2.34. The summed E-state index contributed by atoms with van der Waals surface area (Å²) in [5.74, 6) is 0.189. The van der Waals surface area contributed by atoms with E-state index in [9.17, 15) is 4.79 Å². The number of hydrogen-bond acceptors (Lipinski definition) is 6. The lowest BCUT2D eigenvalue weighted by Gasteiger charge is -2.28. The smallest absolute Gasteiger partial charge is 0.275 e. The number of anilines is 2. The highest BCUT2D eigenvalue weighted by atomic mass is 16.1. The zero-order valence-electron chi connectivity index (χ0n) is 18.1. The number of aromatic nitrogens is 2. The minimum Gasteiger partial charge on any atom is -0.369 e. The average molecular weight is 405 g/mol. The largest absolute Gasteiger partial charge is 0.369 e. The molecule has 2 fully saturated rings. The summed E-state index contributed by atoms with van der Waals surface area (Å²) < 4.78 is 0. The number of nitrogens with zero attached hydrogens (tertiary/aromatic N) is 4. The zero-order chi connectivity index (χ0) is 20.3. The predicted molar refractivity (Wildman–Crippen MR) is 121 cm³/mol. The number of hydrogen-bond donors (Lipinski definition) is 2. The van der Waals surface area contributed by atoms with Crippen molar-refractivity contribution in [1.29, 1.82) is 0 Å². The molecule has 7 heteroatoms. The Morgan fingerprint density at radius 1 is 0.862 bits per heavy atom. The number of rotatable bonds is 11. The van der Waals surface area contributed by atoms with E-state index < -0.39 is 0 Å². The van der Waals surface area contributed by atoms with Crippen molar-refractivity contribution < 1.29 is 0 Å². The molecule has 0 atom stereocenters. The van der Waals surface area contributed by atoms with E-state index in [1.54, 1.807) is 6.20 Å². The Morgan fingerprint density at radius 2 is 1.38 bits per heavy atom. The predicted octanol–water partition coefficient (Wildman–Crippen LogP) is 2.69. The van der Waals surface area contributed by atoms with E-state index in [1.165, 1.54) is 90.6 Å². The summed E-state index contributed by atoms with van der Waals surface area (Å²) in [5, 5.41) is 0. The summed E-state index contributed by atoms with van der Waals surface area (Å²) >= 11 is 0. The van der Waals surface area contributed by atoms with Crippen molar-refractivity contribution in [1.82, 2.24) is 19.8 Å². The SMILES string of the molecule is Nc1ncc(N(CCCCN2CCCCC2)CCCCN2CCCCC2)c(=O)[nH]1. The Morgan fingerprint density at radius 3 is 1.86 bits per heavy atom. The molecule has 2 aliphatic heterocycles. The van der Waals surface area contributed by atoms with E-state index in [1.807, 2.05) is 0 Å². The fraction of sp³-hybridized carbons (Fsp3) is 0.818. The molecule has 0 radical (unpaired) electrons. The second-order valence-electron chi connectivity index (χ2n) is 8.69. The molecule has 0 aliphatic carbocycles. The summed E-state index contributed by atoms with van der Waals surface area (Å²) in [7, 11) is 0. The third-order valence-corrected chi connectivity index (χ3v) is 6.34. The van der Waals surface area contributed by atoms with Crippen LogP contribution < -0.4 is 16.2 Å².